The smallest absolute Gasteiger partial charge is 0.325 e. The normalized spacial score (nSPS) is 13.5. The molecule has 0 atom stereocenters. The van der Waals surface area contributed by atoms with Gasteiger partial charge in [-0.05, 0) is 67.1 Å². The number of hydrogen-bond acceptors (Lipinski definition) is 4. The van der Waals surface area contributed by atoms with Gasteiger partial charge in [-0.1, -0.05) is 0 Å². The van der Waals surface area contributed by atoms with Crippen LogP contribution in [0, 0.1) is 0 Å². The van der Waals surface area contributed by atoms with Gasteiger partial charge >= 0.3 is 5.95 Å². The maximum Gasteiger partial charge on any atom is 0.380 e. The fraction of sp³-hybridized carbons (Fsp3) is 0.923. The van der Waals surface area contributed by atoms with Crippen LogP contribution in [0.15, 0.2) is 0 Å². The molecule has 0 aliphatic heterocycles. The molecule has 1 aromatic rings. The molecule has 0 fully saturated rings. The lowest BCUT2D eigenvalue weighted by Crippen LogP contribution is -2.55. The fourth-order valence-electron chi connectivity index (χ4n) is 1.37. The van der Waals surface area contributed by atoms with Gasteiger partial charge in [0.25, 0.3) is 0 Å². The number of nitrogens with one attached hydrogen (secondary N) is 2. The quantitative estimate of drug-likeness (QED) is 0.805. The van der Waals surface area contributed by atoms with Crippen LogP contribution in [-0.2, 0) is 5.54 Å². The molecule has 1 heterocycles. The van der Waals surface area contributed by atoms with Gasteiger partial charge in [-0.15, -0.1) is 0 Å². The summed E-state index contributed by atoms with van der Waals surface area (Å²) >= 11 is 0. The highest BCUT2D eigenvalue weighted by molar-refractivity contribution is 5.26. The molecule has 0 bridgehead atoms. The highest BCUT2D eigenvalue weighted by atomic mass is 15.8. The van der Waals surface area contributed by atoms with Crippen LogP contribution in [0.1, 0.15) is 62.3 Å². The molecule has 0 aromatic carbocycles. The second kappa shape index (κ2) is 4.65. The first-order chi connectivity index (χ1) is 8.28. The number of aromatic nitrogens is 4. The van der Waals surface area contributed by atoms with E-state index in [1.807, 2.05) is 0 Å². The molecule has 0 saturated heterocycles. The Morgan fingerprint density at radius 1 is 0.895 bits per heavy atom. The standard InChI is InChI=1S/C13H29N6/c1-11(2,3)14-10-15-19(13(7,8)9)17-18(10)16-12(4,5)6/h1-9H3,(H2,14,15,16,17)/q+1. The largest absolute Gasteiger partial charge is 0.380 e. The maximum atomic E-state index is 4.55. The summed E-state index contributed by atoms with van der Waals surface area (Å²) in [7, 11) is 0. The summed E-state index contributed by atoms with van der Waals surface area (Å²) in [5, 5.41) is 12.4. The molecule has 1 aromatic heterocycles. The van der Waals surface area contributed by atoms with E-state index >= 15 is 0 Å². The van der Waals surface area contributed by atoms with E-state index in [4.69, 9.17) is 0 Å². The van der Waals surface area contributed by atoms with E-state index in [1.54, 1.807) is 9.59 Å². The Labute approximate surface area is 116 Å². The van der Waals surface area contributed by atoms with Gasteiger partial charge < -0.3 is 5.32 Å². The lowest BCUT2D eigenvalue weighted by atomic mass is 10.1. The highest BCUT2D eigenvalue weighted by Crippen LogP contribution is 2.12. The first-order valence-electron chi connectivity index (χ1n) is 6.74. The van der Waals surface area contributed by atoms with Crippen molar-refractivity contribution in [1.82, 2.24) is 15.1 Å². The molecule has 19 heavy (non-hydrogen) atoms. The highest BCUT2D eigenvalue weighted by Gasteiger charge is 2.31. The van der Waals surface area contributed by atoms with Crippen LogP contribution < -0.4 is 15.5 Å². The summed E-state index contributed by atoms with van der Waals surface area (Å²) in [5.74, 6) is 0.720. The molecule has 0 aliphatic rings. The number of rotatable bonds is 2. The minimum Gasteiger partial charge on any atom is -0.325 e. The zero-order valence-corrected chi connectivity index (χ0v) is 13.8. The molecule has 1 rings (SSSR count). The predicted molar refractivity (Wildman–Crippen MR) is 77.7 cm³/mol. The van der Waals surface area contributed by atoms with Crippen LogP contribution in [0.4, 0.5) is 5.95 Å². The van der Waals surface area contributed by atoms with Crippen molar-refractivity contribution in [3.05, 3.63) is 0 Å². The zero-order valence-electron chi connectivity index (χ0n) is 13.8. The van der Waals surface area contributed by atoms with Gasteiger partial charge in [-0.3, -0.25) is 0 Å². The Balaban J connectivity index is 3.15. The van der Waals surface area contributed by atoms with Crippen molar-refractivity contribution in [3.63, 3.8) is 0 Å². The Morgan fingerprint density at radius 2 is 1.42 bits per heavy atom. The van der Waals surface area contributed by atoms with Gasteiger partial charge in [0.1, 0.15) is 10.8 Å². The summed E-state index contributed by atoms with van der Waals surface area (Å²) in [6.45, 7) is 18.8. The predicted octanol–water partition coefficient (Wildman–Crippen LogP) is 1.87. The van der Waals surface area contributed by atoms with Gasteiger partial charge in [-0.25, -0.2) is 5.43 Å². The van der Waals surface area contributed by atoms with Gasteiger partial charge in [0.15, 0.2) is 0 Å². The molecule has 0 aliphatic carbocycles. The number of tetrazole rings is 1. The van der Waals surface area contributed by atoms with Gasteiger partial charge in [0.05, 0.1) is 5.54 Å². The van der Waals surface area contributed by atoms with E-state index in [0.29, 0.717) is 0 Å². The minimum atomic E-state index is -0.154. The molecule has 0 saturated carbocycles. The van der Waals surface area contributed by atoms with E-state index in [2.05, 4.69) is 83.4 Å². The number of anilines is 1. The first-order valence-corrected chi connectivity index (χ1v) is 6.74. The molecular formula is C13H29N6+. The third-order valence-electron chi connectivity index (χ3n) is 2.09. The summed E-state index contributed by atoms with van der Waals surface area (Å²) in [4.78, 5) is 3.44. The molecular weight excluding hydrogens is 240 g/mol. The molecule has 0 unspecified atom stereocenters. The average molecular weight is 269 g/mol. The van der Waals surface area contributed by atoms with Crippen molar-refractivity contribution in [2.45, 2.75) is 78.9 Å². The van der Waals surface area contributed by atoms with Crippen molar-refractivity contribution in [2.75, 3.05) is 10.7 Å². The molecule has 110 valence electrons. The van der Waals surface area contributed by atoms with E-state index in [-0.39, 0.29) is 16.6 Å². The Bertz CT molecular complexity index is 394. The SMILES string of the molecule is CC(C)(C)Nc1n[n+](C(C)(C)C)nn1NC(C)(C)C. The third kappa shape index (κ3) is 5.04. The molecule has 2 N–H and O–H groups in total. The van der Waals surface area contributed by atoms with Crippen LogP contribution in [0.5, 0.6) is 0 Å². The van der Waals surface area contributed by atoms with Crippen molar-refractivity contribution in [3.8, 4) is 0 Å². The molecule has 0 amide bonds. The summed E-state index contributed by atoms with van der Waals surface area (Å²) in [6.07, 6.45) is 0. The van der Waals surface area contributed by atoms with Gasteiger partial charge in [0, 0.05) is 15.4 Å². The van der Waals surface area contributed by atoms with Crippen LogP contribution >= 0.6 is 0 Å². The van der Waals surface area contributed by atoms with Crippen molar-refractivity contribution in [1.29, 1.82) is 0 Å². The molecule has 0 radical (unpaired) electrons. The topological polar surface area (TPSA) is 58.6 Å². The van der Waals surface area contributed by atoms with Gasteiger partial charge in [-0.2, -0.15) is 0 Å². The Morgan fingerprint density at radius 3 is 1.79 bits per heavy atom. The van der Waals surface area contributed by atoms with E-state index in [0.717, 1.165) is 5.95 Å². The van der Waals surface area contributed by atoms with Crippen molar-refractivity contribution < 1.29 is 4.80 Å². The average Bonchev–Trinajstić information content (AvgIpc) is 2.41. The Hall–Kier alpha value is -1.33. The molecule has 0 spiro atoms. The maximum absolute atomic E-state index is 4.55. The third-order valence-corrected chi connectivity index (χ3v) is 2.09. The second-order valence-electron chi connectivity index (χ2n) is 8.02. The monoisotopic (exact) mass is 269 g/mol. The van der Waals surface area contributed by atoms with E-state index in [1.165, 1.54) is 0 Å². The summed E-state index contributed by atoms with van der Waals surface area (Å²) in [5.41, 5.74) is 3.02. The van der Waals surface area contributed by atoms with Crippen LogP contribution in [0.25, 0.3) is 0 Å². The second-order valence-corrected chi connectivity index (χ2v) is 8.02. The van der Waals surface area contributed by atoms with Crippen molar-refractivity contribution >= 4 is 5.95 Å². The zero-order chi connectivity index (χ0) is 15.1. The van der Waals surface area contributed by atoms with Crippen LogP contribution in [0.3, 0.4) is 0 Å². The molecule has 6 heteroatoms. The summed E-state index contributed by atoms with van der Waals surface area (Å²) in [6, 6.07) is 0. The lowest BCUT2D eigenvalue weighted by molar-refractivity contribution is -0.854. The first kappa shape index (κ1) is 15.7. The lowest BCUT2D eigenvalue weighted by Gasteiger charge is -2.20. The van der Waals surface area contributed by atoms with Gasteiger partial charge in [0.2, 0.25) is 0 Å². The fourth-order valence-corrected chi connectivity index (χ4v) is 1.37. The van der Waals surface area contributed by atoms with Crippen molar-refractivity contribution in [2.24, 2.45) is 0 Å². The summed E-state index contributed by atoms with van der Waals surface area (Å²) < 4.78 is 0. The number of hydrogen-bond donors (Lipinski definition) is 2. The van der Waals surface area contributed by atoms with E-state index < -0.39 is 0 Å². The van der Waals surface area contributed by atoms with Crippen LogP contribution in [0.2, 0.25) is 0 Å². The number of nitrogens with zero attached hydrogens (tertiary/aromatic N) is 4. The Kier molecular flexibility index (Phi) is 3.85. The van der Waals surface area contributed by atoms with Crippen LogP contribution in [-0.4, -0.2) is 26.2 Å². The van der Waals surface area contributed by atoms with E-state index in [9.17, 15) is 0 Å². The minimum absolute atomic E-state index is 0.0694. The molecule has 6 nitrogen and oxygen atoms in total.